The number of nitriles is 1. The molecule has 2 aromatic rings. The van der Waals surface area contributed by atoms with Gasteiger partial charge in [0, 0.05) is 5.56 Å². The molecule has 160 valence electrons. The van der Waals surface area contributed by atoms with Crippen LogP contribution in [0, 0.1) is 11.3 Å². The first kappa shape index (κ1) is 23.3. The van der Waals surface area contributed by atoms with E-state index in [-0.39, 0.29) is 56.7 Å². The van der Waals surface area contributed by atoms with E-state index in [0.29, 0.717) is 5.75 Å². The van der Waals surface area contributed by atoms with Crippen LogP contribution in [-0.4, -0.2) is 31.8 Å². The van der Waals surface area contributed by atoms with Gasteiger partial charge < -0.3 is 24.7 Å². The van der Waals surface area contributed by atoms with E-state index in [0.717, 1.165) is 11.3 Å². The van der Waals surface area contributed by atoms with Crippen LogP contribution in [-0.2, 0) is 16.1 Å². The van der Waals surface area contributed by atoms with Crippen LogP contribution < -0.4 is 15.2 Å². The minimum atomic E-state index is -0.727. The average molecular weight is 453 g/mol. The average Bonchev–Trinajstić information content (AvgIpc) is 3.02. The molecule has 0 aliphatic carbocycles. The van der Waals surface area contributed by atoms with Crippen molar-refractivity contribution < 1.29 is 28.5 Å². The number of nitrogens with two attached hydrogens (primary N) is 1. The van der Waals surface area contributed by atoms with Gasteiger partial charge in [0.05, 0.1) is 36.0 Å². The predicted molar refractivity (Wildman–Crippen MR) is 112 cm³/mol. The Morgan fingerprint density at radius 1 is 1.27 bits per heavy atom. The minimum absolute atomic E-state index is 0.0761. The van der Waals surface area contributed by atoms with Gasteiger partial charge in [-0.05, 0) is 32.9 Å². The quantitative estimate of drug-likeness (QED) is 0.592. The fourth-order valence-electron chi connectivity index (χ4n) is 2.52. The largest absolute Gasteiger partial charge is 0.493 e. The second-order valence-corrected chi connectivity index (χ2v) is 7.67. The lowest BCUT2D eigenvalue weighted by Crippen LogP contribution is -2.11. The summed E-state index contributed by atoms with van der Waals surface area (Å²) in [4.78, 5) is 24.9. The molecule has 0 fully saturated rings. The summed E-state index contributed by atoms with van der Waals surface area (Å²) in [5.74, 6) is -0.781. The van der Waals surface area contributed by atoms with E-state index >= 15 is 0 Å². The number of hydrogen-bond acceptors (Lipinski definition) is 9. The summed E-state index contributed by atoms with van der Waals surface area (Å²) in [5, 5.41) is 9.68. The molecule has 1 aromatic heterocycles. The number of esters is 2. The number of hydrogen-bond donors (Lipinski definition) is 1. The molecular weight excluding hydrogens is 432 g/mol. The molecule has 0 spiro atoms. The van der Waals surface area contributed by atoms with Crippen molar-refractivity contribution in [3.8, 4) is 17.6 Å². The summed E-state index contributed by atoms with van der Waals surface area (Å²) in [6.45, 7) is 5.13. The first-order chi connectivity index (χ1) is 14.2. The summed E-state index contributed by atoms with van der Waals surface area (Å²) in [7, 11) is 1.42. The van der Waals surface area contributed by atoms with Crippen molar-refractivity contribution in [3.63, 3.8) is 0 Å². The molecule has 0 amide bonds. The number of carbonyl (C=O) groups is 2. The zero-order valence-corrected chi connectivity index (χ0v) is 18.5. The molecule has 10 heteroatoms. The summed E-state index contributed by atoms with van der Waals surface area (Å²) < 4.78 is 21.2. The topological polar surface area (TPSA) is 121 Å². The first-order valence-electron chi connectivity index (χ1n) is 8.93. The SMILES string of the molecule is CCOC(=O)c1sc(N)c(C#N)c1COC(=O)c1cc(Cl)c(OC(C)C)c(OC)c1. The van der Waals surface area contributed by atoms with Gasteiger partial charge >= 0.3 is 11.9 Å². The third-order valence-electron chi connectivity index (χ3n) is 3.77. The number of benzene rings is 1. The molecule has 30 heavy (non-hydrogen) atoms. The molecule has 8 nitrogen and oxygen atoms in total. The number of anilines is 1. The number of carbonyl (C=O) groups excluding carboxylic acids is 2. The Balaban J connectivity index is 2.29. The van der Waals surface area contributed by atoms with Crippen LogP contribution in [0.3, 0.4) is 0 Å². The zero-order valence-electron chi connectivity index (χ0n) is 16.9. The van der Waals surface area contributed by atoms with Crippen LogP contribution in [0.25, 0.3) is 0 Å². The van der Waals surface area contributed by atoms with Crippen LogP contribution in [0.1, 0.15) is 51.9 Å². The van der Waals surface area contributed by atoms with Gasteiger partial charge in [-0.3, -0.25) is 0 Å². The molecule has 0 saturated heterocycles. The Bertz CT molecular complexity index is 996. The maximum atomic E-state index is 12.6. The number of rotatable bonds is 8. The van der Waals surface area contributed by atoms with Crippen molar-refractivity contribution in [2.24, 2.45) is 0 Å². The van der Waals surface area contributed by atoms with Crippen LogP contribution in [0.15, 0.2) is 12.1 Å². The fraction of sp³-hybridized carbons (Fsp3) is 0.350. The summed E-state index contributed by atoms with van der Waals surface area (Å²) in [6, 6.07) is 4.75. The van der Waals surface area contributed by atoms with Crippen LogP contribution >= 0.6 is 22.9 Å². The fourth-order valence-corrected chi connectivity index (χ4v) is 3.69. The highest BCUT2D eigenvalue weighted by molar-refractivity contribution is 7.18. The van der Waals surface area contributed by atoms with E-state index in [9.17, 15) is 14.9 Å². The van der Waals surface area contributed by atoms with Gasteiger partial charge in [0.15, 0.2) is 11.5 Å². The van der Waals surface area contributed by atoms with E-state index < -0.39 is 11.9 Å². The summed E-state index contributed by atoms with van der Waals surface area (Å²) in [5.41, 5.74) is 6.21. The summed E-state index contributed by atoms with van der Waals surface area (Å²) >= 11 is 7.15. The number of nitrogen functional groups attached to an aromatic ring is 1. The van der Waals surface area contributed by atoms with Crippen molar-refractivity contribution in [1.82, 2.24) is 0 Å². The highest BCUT2D eigenvalue weighted by atomic mass is 35.5. The predicted octanol–water partition coefficient (Wildman–Crippen LogP) is 4.18. The first-order valence-corrected chi connectivity index (χ1v) is 10.1. The van der Waals surface area contributed by atoms with Crippen molar-refractivity contribution >= 4 is 39.9 Å². The van der Waals surface area contributed by atoms with Crippen molar-refractivity contribution in [1.29, 1.82) is 5.26 Å². The number of ether oxygens (including phenoxy) is 4. The summed E-state index contributed by atoms with van der Waals surface area (Å²) in [6.07, 6.45) is -0.149. The van der Waals surface area contributed by atoms with Crippen LogP contribution in [0.2, 0.25) is 5.02 Å². The molecule has 0 aliphatic rings. The zero-order chi connectivity index (χ0) is 22.4. The van der Waals surface area contributed by atoms with Crippen molar-refractivity contribution in [2.75, 3.05) is 19.5 Å². The highest BCUT2D eigenvalue weighted by Crippen LogP contribution is 2.37. The molecule has 0 unspecified atom stereocenters. The smallest absolute Gasteiger partial charge is 0.348 e. The lowest BCUT2D eigenvalue weighted by Gasteiger charge is -2.16. The number of thiophene rings is 1. The van der Waals surface area contributed by atoms with Crippen molar-refractivity contribution in [2.45, 2.75) is 33.5 Å². The Morgan fingerprint density at radius 2 is 1.97 bits per heavy atom. The van der Waals surface area contributed by atoms with E-state index in [1.54, 1.807) is 6.92 Å². The molecule has 1 heterocycles. The van der Waals surface area contributed by atoms with Gasteiger partial charge in [-0.2, -0.15) is 5.26 Å². The minimum Gasteiger partial charge on any atom is -0.493 e. The lowest BCUT2D eigenvalue weighted by atomic mass is 10.1. The maximum absolute atomic E-state index is 12.6. The normalized spacial score (nSPS) is 10.4. The molecule has 2 rings (SSSR count). The molecule has 0 radical (unpaired) electrons. The van der Waals surface area contributed by atoms with Gasteiger partial charge in [0.2, 0.25) is 0 Å². The lowest BCUT2D eigenvalue weighted by molar-refractivity contribution is 0.0452. The second-order valence-electron chi connectivity index (χ2n) is 6.21. The number of halogens is 1. The van der Waals surface area contributed by atoms with Gasteiger partial charge in [-0.1, -0.05) is 11.6 Å². The van der Waals surface area contributed by atoms with E-state index in [2.05, 4.69) is 0 Å². The Labute approximate surface area is 183 Å². The Morgan fingerprint density at radius 3 is 2.53 bits per heavy atom. The van der Waals surface area contributed by atoms with Crippen LogP contribution in [0.5, 0.6) is 11.5 Å². The molecule has 2 N–H and O–H groups in total. The van der Waals surface area contributed by atoms with Gasteiger partial charge in [0.25, 0.3) is 0 Å². The van der Waals surface area contributed by atoms with Gasteiger partial charge in [-0.15, -0.1) is 11.3 Å². The molecule has 0 bridgehead atoms. The second kappa shape index (κ2) is 10.2. The molecule has 0 aliphatic heterocycles. The van der Waals surface area contributed by atoms with Gasteiger partial charge in [0.1, 0.15) is 22.6 Å². The molecule has 1 aromatic carbocycles. The van der Waals surface area contributed by atoms with Crippen LogP contribution in [0.4, 0.5) is 5.00 Å². The number of methoxy groups -OCH3 is 1. The Hall–Kier alpha value is -2.96. The van der Waals surface area contributed by atoms with E-state index in [1.165, 1.54) is 19.2 Å². The van der Waals surface area contributed by atoms with Gasteiger partial charge in [-0.25, -0.2) is 9.59 Å². The van der Waals surface area contributed by atoms with E-state index in [1.807, 2.05) is 19.9 Å². The highest BCUT2D eigenvalue weighted by Gasteiger charge is 2.25. The standard InChI is InChI=1S/C20H21ClN2O6S/c1-5-27-20(25)17-13(12(8-22)18(23)30-17)9-28-19(24)11-6-14(21)16(29-10(2)3)15(7-11)26-4/h6-7,10H,5,9,23H2,1-4H3. The Kier molecular flexibility index (Phi) is 7.92. The monoisotopic (exact) mass is 452 g/mol. The third-order valence-corrected chi connectivity index (χ3v) is 5.10. The molecular formula is C20H21ClN2O6S. The third kappa shape index (κ3) is 5.14. The number of nitrogens with zero attached hydrogens (tertiary/aromatic N) is 1. The maximum Gasteiger partial charge on any atom is 0.348 e. The molecule has 0 saturated carbocycles. The molecule has 0 atom stereocenters. The van der Waals surface area contributed by atoms with Crippen molar-refractivity contribution in [3.05, 3.63) is 38.7 Å². The van der Waals surface area contributed by atoms with E-state index in [4.69, 9.17) is 36.3 Å².